The fraction of sp³-hybridized carbons (Fsp3) is 1.00. The molecule has 0 aromatic heterocycles. The highest BCUT2D eigenvalue weighted by Gasteiger charge is 2.36. The highest BCUT2D eigenvalue weighted by atomic mass is 16.5. The molecule has 1 saturated heterocycles. The molecule has 1 heterocycles. The molecule has 102 valence electrons. The van der Waals surface area contributed by atoms with Gasteiger partial charge >= 0.3 is 0 Å². The van der Waals surface area contributed by atoms with Crippen LogP contribution in [0, 0.1) is 5.41 Å². The van der Waals surface area contributed by atoms with E-state index in [9.17, 15) is 5.11 Å². The molecule has 3 nitrogen and oxygen atoms in total. The average Bonchev–Trinajstić information content (AvgIpc) is 2.77. The third kappa shape index (κ3) is 4.57. The third-order valence-electron chi connectivity index (χ3n) is 3.84. The topological polar surface area (TPSA) is 32.7 Å². The quantitative estimate of drug-likeness (QED) is 0.664. The van der Waals surface area contributed by atoms with Crippen molar-refractivity contribution in [2.45, 2.75) is 52.5 Å². The highest BCUT2D eigenvalue weighted by molar-refractivity contribution is 4.86. The molecule has 0 spiro atoms. The minimum absolute atomic E-state index is 0.00349. The Kier molecular flexibility index (Phi) is 6.45. The van der Waals surface area contributed by atoms with Crippen LogP contribution in [0.3, 0.4) is 0 Å². The Hall–Kier alpha value is -0.120. The van der Waals surface area contributed by atoms with Crippen molar-refractivity contribution in [2.75, 3.05) is 32.9 Å². The van der Waals surface area contributed by atoms with Crippen molar-refractivity contribution in [3.8, 4) is 0 Å². The number of ether oxygens (including phenoxy) is 1. The molecule has 1 unspecified atom stereocenters. The van der Waals surface area contributed by atoms with Gasteiger partial charge in [0.25, 0.3) is 0 Å². The van der Waals surface area contributed by atoms with Crippen molar-refractivity contribution in [3.05, 3.63) is 0 Å². The molecular formula is C14H29NO2. The predicted octanol–water partition coefficient (Wildman–Crippen LogP) is 2.29. The zero-order valence-electron chi connectivity index (χ0n) is 11.7. The van der Waals surface area contributed by atoms with Gasteiger partial charge in [-0.05, 0) is 33.2 Å². The van der Waals surface area contributed by atoms with E-state index in [1.54, 1.807) is 0 Å². The van der Waals surface area contributed by atoms with Gasteiger partial charge in [-0.25, -0.2) is 0 Å². The first-order chi connectivity index (χ1) is 8.13. The van der Waals surface area contributed by atoms with Crippen molar-refractivity contribution in [1.29, 1.82) is 0 Å². The van der Waals surface area contributed by atoms with E-state index in [1.165, 1.54) is 19.3 Å². The Labute approximate surface area is 106 Å². The van der Waals surface area contributed by atoms with Crippen LogP contribution in [0.5, 0.6) is 0 Å². The molecule has 1 fully saturated rings. The Morgan fingerprint density at radius 3 is 2.59 bits per heavy atom. The van der Waals surface area contributed by atoms with Crippen LogP contribution in [0.2, 0.25) is 0 Å². The molecule has 0 amide bonds. The fourth-order valence-corrected chi connectivity index (χ4v) is 2.46. The van der Waals surface area contributed by atoms with E-state index in [0.29, 0.717) is 6.04 Å². The lowest BCUT2D eigenvalue weighted by Gasteiger charge is -2.35. The molecule has 1 aliphatic heterocycles. The van der Waals surface area contributed by atoms with Crippen molar-refractivity contribution in [1.82, 2.24) is 4.90 Å². The van der Waals surface area contributed by atoms with E-state index in [4.69, 9.17) is 4.74 Å². The molecule has 0 aromatic rings. The van der Waals surface area contributed by atoms with Gasteiger partial charge in [0, 0.05) is 24.6 Å². The van der Waals surface area contributed by atoms with Gasteiger partial charge in [0.2, 0.25) is 0 Å². The highest BCUT2D eigenvalue weighted by Crippen LogP contribution is 2.29. The molecule has 17 heavy (non-hydrogen) atoms. The Morgan fingerprint density at radius 1 is 1.35 bits per heavy atom. The summed E-state index contributed by atoms with van der Waals surface area (Å²) in [6.45, 7) is 10.6. The van der Waals surface area contributed by atoms with Crippen LogP contribution in [-0.4, -0.2) is 49.0 Å². The summed E-state index contributed by atoms with van der Waals surface area (Å²) < 4.78 is 5.47. The van der Waals surface area contributed by atoms with Gasteiger partial charge < -0.3 is 14.7 Å². The van der Waals surface area contributed by atoms with Gasteiger partial charge in [-0.3, -0.25) is 0 Å². The van der Waals surface area contributed by atoms with Gasteiger partial charge in [-0.15, -0.1) is 0 Å². The van der Waals surface area contributed by atoms with Gasteiger partial charge in [0.15, 0.2) is 0 Å². The van der Waals surface area contributed by atoms with Gasteiger partial charge in [0.1, 0.15) is 0 Å². The minimum atomic E-state index is -0.00349. The number of nitrogens with zero attached hydrogens (tertiary/aromatic N) is 1. The van der Waals surface area contributed by atoms with Crippen molar-refractivity contribution in [3.63, 3.8) is 0 Å². The van der Waals surface area contributed by atoms with E-state index < -0.39 is 0 Å². The standard InChI is InChI=1S/C14H29NO2/c1-4-5-6-8-15(13(2)3)10-14(11-16)7-9-17-12-14/h13,16H,4-12H2,1-3H3. The number of rotatable bonds is 8. The monoisotopic (exact) mass is 243 g/mol. The molecule has 0 bridgehead atoms. The van der Waals surface area contributed by atoms with E-state index in [1.807, 2.05) is 0 Å². The molecule has 0 aromatic carbocycles. The first-order valence-electron chi connectivity index (χ1n) is 7.06. The predicted molar refractivity (Wildman–Crippen MR) is 71.2 cm³/mol. The summed E-state index contributed by atoms with van der Waals surface area (Å²) in [4.78, 5) is 2.50. The number of aliphatic hydroxyl groups is 1. The number of hydrogen-bond acceptors (Lipinski definition) is 3. The second-order valence-electron chi connectivity index (χ2n) is 5.73. The van der Waals surface area contributed by atoms with Gasteiger partial charge in [-0.1, -0.05) is 19.8 Å². The van der Waals surface area contributed by atoms with Crippen molar-refractivity contribution >= 4 is 0 Å². The first-order valence-corrected chi connectivity index (χ1v) is 7.06. The van der Waals surface area contributed by atoms with E-state index in [0.717, 1.165) is 32.7 Å². The molecule has 1 rings (SSSR count). The van der Waals surface area contributed by atoms with Crippen LogP contribution < -0.4 is 0 Å². The summed E-state index contributed by atoms with van der Waals surface area (Å²) in [6, 6.07) is 0.552. The maximum absolute atomic E-state index is 9.61. The second kappa shape index (κ2) is 7.34. The van der Waals surface area contributed by atoms with Crippen LogP contribution in [0.25, 0.3) is 0 Å². The molecule has 0 radical (unpaired) electrons. The first kappa shape index (κ1) is 14.9. The Morgan fingerprint density at radius 2 is 2.12 bits per heavy atom. The average molecular weight is 243 g/mol. The summed E-state index contributed by atoms with van der Waals surface area (Å²) >= 11 is 0. The molecule has 3 heteroatoms. The van der Waals surface area contributed by atoms with Crippen LogP contribution in [-0.2, 0) is 4.74 Å². The Bertz CT molecular complexity index is 200. The van der Waals surface area contributed by atoms with Gasteiger partial charge in [0.05, 0.1) is 13.2 Å². The number of hydrogen-bond donors (Lipinski definition) is 1. The Balaban J connectivity index is 2.46. The summed E-state index contributed by atoms with van der Waals surface area (Å²) in [5, 5.41) is 9.61. The molecule has 1 atom stereocenters. The normalized spacial score (nSPS) is 25.1. The van der Waals surface area contributed by atoms with E-state index in [-0.39, 0.29) is 12.0 Å². The van der Waals surface area contributed by atoms with Crippen LogP contribution in [0.4, 0.5) is 0 Å². The number of aliphatic hydroxyl groups excluding tert-OH is 1. The maximum Gasteiger partial charge on any atom is 0.0557 e. The number of unbranched alkanes of at least 4 members (excludes halogenated alkanes) is 2. The molecule has 0 aliphatic carbocycles. The summed E-state index contributed by atoms with van der Waals surface area (Å²) in [5.41, 5.74) is -0.00349. The maximum atomic E-state index is 9.61. The van der Waals surface area contributed by atoms with Crippen LogP contribution in [0.1, 0.15) is 46.5 Å². The SMILES string of the molecule is CCCCCN(CC1(CO)CCOC1)C(C)C. The zero-order valence-corrected chi connectivity index (χ0v) is 11.7. The summed E-state index contributed by atoms with van der Waals surface area (Å²) in [7, 11) is 0. The second-order valence-corrected chi connectivity index (χ2v) is 5.73. The lowest BCUT2D eigenvalue weighted by atomic mass is 9.87. The van der Waals surface area contributed by atoms with Crippen LogP contribution >= 0.6 is 0 Å². The molecular weight excluding hydrogens is 214 g/mol. The zero-order chi connectivity index (χ0) is 12.7. The lowest BCUT2D eigenvalue weighted by Crippen LogP contribution is -2.44. The van der Waals surface area contributed by atoms with Crippen LogP contribution in [0.15, 0.2) is 0 Å². The lowest BCUT2D eigenvalue weighted by molar-refractivity contribution is 0.0457. The van der Waals surface area contributed by atoms with Crippen molar-refractivity contribution in [2.24, 2.45) is 5.41 Å². The van der Waals surface area contributed by atoms with E-state index in [2.05, 4.69) is 25.7 Å². The van der Waals surface area contributed by atoms with E-state index >= 15 is 0 Å². The molecule has 1 aliphatic rings. The molecule has 0 saturated carbocycles. The van der Waals surface area contributed by atoms with Gasteiger partial charge in [-0.2, -0.15) is 0 Å². The third-order valence-corrected chi connectivity index (χ3v) is 3.84. The van der Waals surface area contributed by atoms with Crippen molar-refractivity contribution < 1.29 is 9.84 Å². The fourth-order valence-electron chi connectivity index (χ4n) is 2.46. The summed E-state index contributed by atoms with van der Waals surface area (Å²) in [5.74, 6) is 0. The molecule has 1 N–H and O–H groups in total. The largest absolute Gasteiger partial charge is 0.396 e. The summed E-state index contributed by atoms with van der Waals surface area (Å²) in [6.07, 6.45) is 4.82. The smallest absolute Gasteiger partial charge is 0.0557 e. The minimum Gasteiger partial charge on any atom is -0.396 e.